The molecule has 0 heterocycles. The molecule has 0 amide bonds. The van der Waals surface area contributed by atoms with E-state index in [1.807, 2.05) is 6.92 Å². The lowest BCUT2D eigenvalue weighted by atomic mass is 10.1. The second-order valence-corrected chi connectivity index (χ2v) is 4.03. The van der Waals surface area contributed by atoms with Crippen LogP contribution in [0.3, 0.4) is 0 Å². The number of aliphatic hydroxyl groups excluding tert-OH is 1. The van der Waals surface area contributed by atoms with Gasteiger partial charge in [0.2, 0.25) is 0 Å². The molecular formula is C13H21FN2O2. The number of nitrogen functional groups attached to an aromatic ring is 1. The monoisotopic (exact) mass is 256 g/mol. The molecule has 0 saturated carbocycles. The molecule has 0 aliphatic rings. The van der Waals surface area contributed by atoms with E-state index in [4.69, 9.17) is 15.6 Å². The minimum Gasteiger partial charge on any atom is -0.396 e. The quantitative estimate of drug-likeness (QED) is 0.543. The van der Waals surface area contributed by atoms with Crippen molar-refractivity contribution in [3.8, 4) is 0 Å². The zero-order valence-electron chi connectivity index (χ0n) is 10.7. The first-order valence-corrected chi connectivity index (χ1v) is 6.12. The van der Waals surface area contributed by atoms with Gasteiger partial charge in [0.05, 0.1) is 25.5 Å². The number of hydrogen-bond donors (Lipinski definition) is 2. The van der Waals surface area contributed by atoms with Crippen molar-refractivity contribution in [1.29, 1.82) is 0 Å². The van der Waals surface area contributed by atoms with E-state index in [2.05, 4.69) is 4.90 Å². The molecule has 0 saturated heterocycles. The Morgan fingerprint density at radius 1 is 1.39 bits per heavy atom. The summed E-state index contributed by atoms with van der Waals surface area (Å²) in [6, 6.07) is 5.05. The summed E-state index contributed by atoms with van der Waals surface area (Å²) in [4.78, 5) is 2.06. The van der Waals surface area contributed by atoms with Gasteiger partial charge in [-0.15, -0.1) is 0 Å². The second-order valence-electron chi connectivity index (χ2n) is 4.03. The fourth-order valence-electron chi connectivity index (χ4n) is 1.67. The van der Waals surface area contributed by atoms with Crippen LogP contribution in [0.25, 0.3) is 0 Å². The van der Waals surface area contributed by atoms with E-state index in [1.54, 1.807) is 18.2 Å². The summed E-state index contributed by atoms with van der Waals surface area (Å²) in [5.41, 5.74) is 6.31. The summed E-state index contributed by atoms with van der Waals surface area (Å²) in [5, 5.41) is 8.59. The van der Waals surface area contributed by atoms with Crippen LogP contribution >= 0.6 is 0 Å². The van der Waals surface area contributed by atoms with Gasteiger partial charge in [0.15, 0.2) is 5.82 Å². The van der Waals surface area contributed by atoms with Crippen LogP contribution in [-0.2, 0) is 11.3 Å². The molecule has 5 heteroatoms. The summed E-state index contributed by atoms with van der Waals surface area (Å²) in [7, 11) is 0. The number of anilines is 1. The van der Waals surface area contributed by atoms with E-state index in [0.29, 0.717) is 31.9 Å². The van der Waals surface area contributed by atoms with Gasteiger partial charge in [-0.1, -0.05) is 19.1 Å². The van der Waals surface area contributed by atoms with E-state index in [1.165, 1.54) is 0 Å². The molecule has 0 aliphatic heterocycles. The van der Waals surface area contributed by atoms with E-state index < -0.39 is 0 Å². The largest absolute Gasteiger partial charge is 0.396 e. The zero-order valence-corrected chi connectivity index (χ0v) is 10.7. The third-order valence-electron chi connectivity index (χ3n) is 2.74. The molecule has 0 radical (unpaired) electrons. The lowest BCUT2D eigenvalue weighted by Gasteiger charge is -2.20. The van der Waals surface area contributed by atoms with Gasteiger partial charge in [0.1, 0.15) is 0 Å². The van der Waals surface area contributed by atoms with E-state index in [9.17, 15) is 4.39 Å². The van der Waals surface area contributed by atoms with Gasteiger partial charge in [0.25, 0.3) is 0 Å². The topological polar surface area (TPSA) is 58.7 Å². The van der Waals surface area contributed by atoms with Gasteiger partial charge in [-0.2, -0.15) is 0 Å². The summed E-state index contributed by atoms with van der Waals surface area (Å²) >= 11 is 0. The summed E-state index contributed by atoms with van der Waals surface area (Å²) in [6.45, 7) is 4.91. The van der Waals surface area contributed by atoms with Gasteiger partial charge in [-0.05, 0) is 12.6 Å². The molecule has 102 valence electrons. The number of aliphatic hydroxyl groups is 1. The maximum absolute atomic E-state index is 13.7. The maximum atomic E-state index is 13.7. The fourth-order valence-corrected chi connectivity index (χ4v) is 1.67. The van der Waals surface area contributed by atoms with E-state index in [-0.39, 0.29) is 18.1 Å². The van der Waals surface area contributed by atoms with Gasteiger partial charge in [-0.3, -0.25) is 4.90 Å². The van der Waals surface area contributed by atoms with Crippen molar-refractivity contribution in [2.24, 2.45) is 0 Å². The predicted molar refractivity (Wildman–Crippen MR) is 69.7 cm³/mol. The van der Waals surface area contributed by atoms with Gasteiger partial charge in [-0.25, -0.2) is 4.39 Å². The molecule has 1 aromatic carbocycles. The molecule has 1 rings (SSSR count). The molecule has 4 nitrogen and oxygen atoms in total. The SMILES string of the molecule is CCN(CCOCCO)Cc1cccc(N)c1F. The highest BCUT2D eigenvalue weighted by molar-refractivity contribution is 5.42. The number of ether oxygens (including phenoxy) is 1. The maximum Gasteiger partial charge on any atom is 0.150 e. The normalized spacial score (nSPS) is 11.1. The smallest absolute Gasteiger partial charge is 0.150 e. The lowest BCUT2D eigenvalue weighted by molar-refractivity contribution is 0.0730. The van der Waals surface area contributed by atoms with Gasteiger partial charge < -0.3 is 15.6 Å². The predicted octanol–water partition coefficient (Wildman–Crippen LogP) is 1.24. The molecule has 0 aromatic heterocycles. The van der Waals surface area contributed by atoms with Crippen molar-refractivity contribution < 1.29 is 14.2 Å². The summed E-state index contributed by atoms with van der Waals surface area (Å²) in [5.74, 6) is -0.341. The van der Waals surface area contributed by atoms with Crippen molar-refractivity contribution >= 4 is 5.69 Å². The van der Waals surface area contributed by atoms with Crippen LogP contribution in [0.2, 0.25) is 0 Å². The van der Waals surface area contributed by atoms with Crippen LogP contribution in [0.4, 0.5) is 10.1 Å². The molecule has 3 N–H and O–H groups in total. The third-order valence-corrected chi connectivity index (χ3v) is 2.74. The first kappa shape index (κ1) is 14.9. The number of halogens is 1. The Bertz CT molecular complexity index is 361. The molecule has 0 atom stereocenters. The zero-order chi connectivity index (χ0) is 13.4. The summed E-state index contributed by atoms with van der Waals surface area (Å²) < 4.78 is 18.9. The Kier molecular flexibility index (Phi) is 6.64. The minimum atomic E-state index is -0.341. The number of rotatable bonds is 8. The molecule has 0 aliphatic carbocycles. The van der Waals surface area contributed by atoms with Crippen LogP contribution in [0.5, 0.6) is 0 Å². The number of hydrogen-bond acceptors (Lipinski definition) is 4. The Balaban J connectivity index is 2.49. The number of likely N-dealkylation sites (N-methyl/N-ethyl adjacent to an activating group) is 1. The van der Waals surface area contributed by atoms with Crippen LogP contribution in [0.1, 0.15) is 12.5 Å². The lowest BCUT2D eigenvalue weighted by Crippen LogP contribution is -2.27. The number of benzene rings is 1. The molecule has 0 spiro atoms. The first-order valence-electron chi connectivity index (χ1n) is 6.12. The van der Waals surface area contributed by atoms with Gasteiger partial charge >= 0.3 is 0 Å². The van der Waals surface area contributed by atoms with Crippen molar-refractivity contribution in [3.63, 3.8) is 0 Å². The van der Waals surface area contributed by atoms with E-state index >= 15 is 0 Å². The fraction of sp³-hybridized carbons (Fsp3) is 0.538. The minimum absolute atomic E-state index is 0.0238. The van der Waals surface area contributed by atoms with Crippen molar-refractivity contribution in [3.05, 3.63) is 29.6 Å². The highest BCUT2D eigenvalue weighted by Crippen LogP contribution is 2.16. The number of nitrogens with two attached hydrogens (primary N) is 1. The average molecular weight is 256 g/mol. The highest BCUT2D eigenvalue weighted by atomic mass is 19.1. The first-order chi connectivity index (χ1) is 8.69. The third kappa shape index (κ3) is 4.60. The Morgan fingerprint density at radius 2 is 2.17 bits per heavy atom. The van der Waals surface area contributed by atoms with Crippen LogP contribution in [0, 0.1) is 5.82 Å². The standard InChI is InChI=1S/C13H21FN2O2/c1-2-16(6-8-18-9-7-17)10-11-4-3-5-12(15)13(11)14/h3-5,17H,2,6-10,15H2,1H3. The Morgan fingerprint density at radius 3 is 2.83 bits per heavy atom. The highest BCUT2D eigenvalue weighted by Gasteiger charge is 2.09. The molecule has 18 heavy (non-hydrogen) atoms. The van der Waals surface area contributed by atoms with Crippen molar-refractivity contribution in [2.75, 3.05) is 38.6 Å². The average Bonchev–Trinajstić information content (AvgIpc) is 2.38. The Hall–Kier alpha value is -1.17. The van der Waals surface area contributed by atoms with Crippen molar-refractivity contribution in [1.82, 2.24) is 4.90 Å². The van der Waals surface area contributed by atoms with Crippen LogP contribution in [0.15, 0.2) is 18.2 Å². The summed E-state index contributed by atoms with van der Waals surface area (Å²) in [6.07, 6.45) is 0. The number of nitrogens with zero attached hydrogens (tertiary/aromatic N) is 1. The molecule has 0 bridgehead atoms. The Labute approximate surface area is 107 Å². The molecule has 1 aromatic rings. The second kappa shape index (κ2) is 8.02. The van der Waals surface area contributed by atoms with Crippen LogP contribution < -0.4 is 5.73 Å². The van der Waals surface area contributed by atoms with Gasteiger partial charge in [0, 0.05) is 18.7 Å². The van der Waals surface area contributed by atoms with Crippen molar-refractivity contribution in [2.45, 2.75) is 13.5 Å². The molecular weight excluding hydrogens is 235 g/mol. The van der Waals surface area contributed by atoms with Crippen LogP contribution in [-0.4, -0.2) is 42.9 Å². The molecule has 0 unspecified atom stereocenters. The molecule has 0 fully saturated rings. The van der Waals surface area contributed by atoms with E-state index in [0.717, 1.165) is 6.54 Å².